The van der Waals surface area contributed by atoms with Crippen molar-refractivity contribution in [1.82, 2.24) is 4.90 Å². The molecule has 1 saturated heterocycles. The number of carbonyl (C=O) groups is 2. The van der Waals surface area contributed by atoms with E-state index in [9.17, 15) is 14.7 Å². The number of carbonyl (C=O) groups excluding carboxylic acids is 1. The van der Waals surface area contributed by atoms with Gasteiger partial charge in [-0.15, -0.1) is 0 Å². The molecule has 0 saturated carbocycles. The van der Waals surface area contributed by atoms with E-state index >= 15 is 0 Å². The second kappa shape index (κ2) is 6.92. The summed E-state index contributed by atoms with van der Waals surface area (Å²) in [6.45, 7) is 8.49. The maximum absolute atomic E-state index is 12.3. The second-order valence-corrected chi connectivity index (χ2v) is 6.08. The quantitative estimate of drug-likeness (QED) is 0.838. The lowest BCUT2D eigenvalue weighted by atomic mass is 9.97. The van der Waals surface area contributed by atoms with Gasteiger partial charge >= 0.3 is 12.1 Å². The van der Waals surface area contributed by atoms with Gasteiger partial charge in [0.15, 0.2) is 0 Å². The average molecular weight is 287 g/mol. The first-order valence-electron chi connectivity index (χ1n) is 7.06. The highest BCUT2D eigenvalue weighted by atomic mass is 16.6. The van der Waals surface area contributed by atoms with Crippen LogP contribution >= 0.6 is 0 Å². The topological polar surface area (TPSA) is 76.1 Å². The molecule has 1 N–H and O–H groups in total. The molecule has 0 aliphatic carbocycles. The van der Waals surface area contributed by atoms with Gasteiger partial charge in [-0.2, -0.15) is 0 Å². The highest BCUT2D eigenvalue weighted by molar-refractivity contribution is 5.80. The lowest BCUT2D eigenvalue weighted by Gasteiger charge is -2.33. The Kier molecular flexibility index (Phi) is 5.80. The number of rotatable bonds is 5. The van der Waals surface area contributed by atoms with Crippen LogP contribution in [0.4, 0.5) is 4.79 Å². The molecular weight excluding hydrogens is 262 g/mol. The van der Waals surface area contributed by atoms with Gasteiger partial charge in [0.1, 0.15) is 11.6 Å². The predicted octanol–water partition coefficient (Wildman–Crippen LogP) is 2.12. The molecule has 1 aliphatic rings. The summed E-state index contributed by atoms with van der Waals surface area (Å²) in [4.78, 5) is 25.1. The number of aliphatic carboxylic acids is 1. The van der Waals surface area contributed by atoms with Crippen molar-refractivity contribution in [3.05, 3.63) is 0 Å². The zero-order valence-corrected chi connectivity index (χ0v) is 12.7. The van der Waals surface area contributed by atoms with E-state index in [1.165, 1.54) is 4.90 Å². The van der Waals surface area contributed by atoms with Crippen LogP contribution in [0.3, 0.4) is 0 Å². The molecule has 0 spiro atoms. The Bertz CT molecular complexity index is 344. The summed E-state index contributed by atoms with van der Waals surface area (Å²) in [5, 5.41) is 9.47. The second-order valence-electron chi connectivity index (χ2n) is 6.08. The third-order valence-electron chi connectivity index (χ3n) is 3.09. The van der Waals surface area contributed by atoms with E-state index in [0.717, 1.165) is 0 Å². The zero-order chi connectivity index (χ0) is 15.3. The van der Waals surface area contributed by atoms with Gasteiger partial charge in [-0.25, -0.2) is 9.59 Å². The standard InChI is InChI=1S/C14H25NO5/c1-5-7-15(13(18)20-14(2,3)4)11(12(16)17)10-6-8-19-9-10/h10-11H,5-9H2,1-4H3,(H,16,17). The third kappa shape index (κ3) is 4.67. The van der Waals surface area contributed by atoms with Gasteiger partial charge in [0.25, 0.3) is 0 Å². The summed E-state index contributed by atoms with van der Waals surface area (Å²) in [5.41, 5.74) is -0.641. The lowest BCUT2D eigenvalue weighted by Crippen LogP contribution is -2.51. The van der Waals surface area contributed by atoms with E-state index < -0.39 is 23.7 Å². The molecule has 2 unspecified atom stereocenters. The highest BCUT2D eigenvalue weighted by Gasteiger charge is 2.39. The van der Waals surface area contributed by atoms with Crippen LogP contribution in [0.15, 0.2) is 0 Å². The monoisotopic (exact) mass is 287 g/mol. The largest absolute Gasteiger partial charge is 0.480 e. The van der Waals surface area contributed by atoms with Gasteiger partial charge in [-0.05, 0) is 33.6 Å². The summed E-state index contributed by atoms with van der Waals surface area (Å²) in [6, 6.07) is -0.882. The number of amides is 1. The Morgan fingerprint density at radius 3 is 2.50 bits per heavy atom. The van der Waals surface area contributed by atoms with Crippen molar-refractivity contribution in [1.29, 1.82) is 0 Å². The van der Waals surface area contributed by atoms with Crippen molar-refractivity contribution in [3.8, 4) is 0 Å². The van der Waals surface area contributed by atoms with Crippen LogP contribution < -0.4 is 0 Å². The summed E-state index contributed by atoms with van der Waals surface area (Å²) in [7, 11) is 0. The van der Waals surface area contributed by atoms with Crippen LogP contribution in [-0.4, -0.2) is 53.5 Å². The van der Waals surface area contributed by atoms with Crippen LogP contribution in [0.5, 0.6) is 0 Å². The van der Waals surface area contributed by atoms with Gasteiger partial charge < -0.3 is 14.6 Å². The molecule has 0 aromatic rings. The summed E-state index contributed by atoms with van der Waals surface area (Å²) in [5.74, 6) is -1.17. The molecule has 116 valence electrons. The smallest absolute Gasteiger partial charge is 0.411 e. The van der Waals surface area contributed by atoms with E-state index in [1.54, 1.807) is 20.8 Å². The lowest BCUT2D eigenvalue weighted by molar-refractivity contribution is -0.145. The number of ether oxygens (including phenoxy) is 2. The van der Waals surface area contributed by atoms with E-state index in [2.05, 4.69) is 0 Å². The first-order chi connectivity index (χ1) is 9.26. The maximum atomic E-state index is 12.3. The normalized spacial score (nSPS) is 20.5. The molecule has 1 heterocycles. The summed E-state index contributed by atoms with van der Waals surface area (Å²) in [6.07, 6.45) is 0.759. The first kappa shape index (κ1) is 16.8. The minimum Gasteiger partial charge on any atom is -0.480 e. The molecule has 0 radical (unpaired) electrons. The Hall–Kier alpha value is -1.30. The average Bonchev–Trinajstić information content (AvgIpc) is 2.79. The molecule has 6 nitrogen and oxygen atoms in total. The summed E-state index contributed by atoms with van der Waals surface area (Å²) >= 11 is 0. The van der Waals surface area contributed by atoms with Crippen molar-refractivity contribution in [2.24, 2.45) is 5.92 Å². The molecular formula is C14H25NO5. The minimum atomic E-state index is -1.00. The van der Waals surface area contributed by atoms with Crippen LogP contribution in [0, 0.1) is 5.92 Å². The number of carboxylic acids is 1. The molecule has 20 heavy (non-hydrogen) atoms. The Morgan fingerprint density at radius 1 is 1.45 bits per heavy atom. The summed E-state index contributed by atoms with van der Waals surface area (Å²) < 4.78 is 10.6. The molecule has 0 bridgehead atoms. The highest BCUT2D eigenvalue weighted by Crippen LogP contribution is 2.23. The molecule has 1 rings (SSSR count). The Labute approximate surface area is 120 Å². The van der Waals surface area contributed by atoms with Crippen molar-refractivity contribution >= 4 is 12.1 Å². The fourth-order valence-corrected chi connectivity index (χ4v) is 2.30. The van der Waals surface area contributed by atoms with E-state index in [0.29, 0.717) is 32.6 Å². The zero-order valence-electron chi connectivity index (χ0n) is 12.7. The SMILES string of the molecule is CCCN(C(=O)OC(C)(C)C)C(C(=O)O)C1CCOC1. The van der Waals surface area contributed by atoms with Gasteiger partial charge in [0.05, 0.1) is 6.61 Å². The number of hydrogen-bond acceptors (Lipinski definition) is 4. The Balaban J connectivity index is 2.89. The fraction of sp³-hybridized carbons (Fsp3) is 0.857. The molecule has 6 heteroatoms. The van der Waals surface area contributed by atoms with Crippen molar-refractivity contribution in [2.45, 2.75) is 52.2 Å². The molecule has 1 aliphatic heterocycles. The molecule has 1 amide bonds. The van der Waals surface area contributed by atoms with Crippen LogP contribution in [0.25, 0.3) is 0 Å². The predicted molar refractivity (Wildman–Crippen MR) is 73.6 cm³/mol. The number of hydrogen-bond donors (Lipinski definition) is 1. The fourth-order valence-electron chi connectivity index (χ4n) is 2.30. The Morgan fingerprint density at radius 2 is 2.10 bits per heavy atom. The molecule has 0 aromatic heterocycles. The van der Waals surface area contributed by atoms with Crippen molar-refractivity contribution in [3.63, 3.8) is 0 Å². The van der Waals surface area contributed by atoms with Crippen molar-refractivity contribution < 1.29 is 24.2 Å². The van der Waals surface area contributed by atoms with Crippen LogP contribution in [0.1, 0.15) is 40.5 Å². The van der Waals surface area contributed by atoms with Gasteiger partial charge in [-0.1, -0.05) is 6.92 Å². The first-order valence-corrected chi connectivity index (χ1v) is 7.06. The van der Waals surface area contributed by atoms with Crippen LogP contribution in [-0.2, 0) is 14.3 Å². The molecule has 0 aromatic carbocycles. The van der Waals surface area contributed by atoms with Gasteiger partial charge in [0.2, 0.25) is 0 Å². The molecule has 2 atom stereocenters. The van der Waals surface area contributed by atoms with Gasteiger partial charge in [-0.3, -0.25) is 4.90 Å². The van der Waals surface area contributed by atoms with E-state index in [1.807, 2.05) is 6.92 Å². The van der Waals surface area contributed by atoms with Gasteiger partial charge in [0, 0.05) is 19.1 Å². The van der Waals surface area contributed by atoms with Crippen molar-refractivity contribution in [2.75, 3.05) is 19.8 Å². The maximum Gasteiger partial charge on any atom is 0.411 e. The number of nitrogens with zero attached hydrogens (tertiary/aromatic N) is 1. The van der Waals surface area contributed by atoms with E-state index in [-0.39, 0.29) is 5.92 Å². The minimum absolute atomic E-state index is 0.174. The van der Waals surface area contributed by atoms with E-state index in [4.69, 9.17) is 9.47 Å². The van der Waals surface area contributed by atoms with Crippen LogP contribution in [0.2, 0.25) is 0 Å². The molecule has 1 fully saturated rings. The third-order valence-corrected chi connectivity index (χ3v) is 3.09. The number of carboxylic acid groups (broad SMARTS) is 1.